The summed E-state index contributed by atoms with van der Waals surface area (Å²) >= 11 is 7.84. The van der Waals surface area contributed by atoms with Crippen molar-refractivity contribution < 1.29 is 0 Å². The molecule has 0 spiro atoms. The minimum Gasteiger partial charge on any atom is -0.370 e. The Morgan fingerprint density at radius 2 is 1.95 bits per heavy atom. The number of rotatable bonds is 5. The van der Waals surface area contributed by atoms with Crippen molar-refractivity contribution in [1.82, 2.24) is 9.97 Å². The SMILES string of the molecule is CCNc1nc(C(C)C)nc(Sc2ccccc2Cl)c1C. The van der Waals surface area contributed by atoms with Gasteiger partial charge >= 0.3 is 0 Å². The smallest absolute Gasteiger partial charge is 0.134 e. The van der Waals surface area contributed by atoms with E-state index in [9.17, 15) is 0 Å². The number of aromatic nitrogens is 2. The number of anilines is 1. The summed E-state index contributed by atoms with van der Waals surface area (Å²) in [5.41, 5.74) is 1.06. The van der Waals surface area contributed by atoms with E-state index >= 15 is 0 Å². The van der Waals surface area contributed by atoms with E-state index in [1.807, 2.05) is 31.2 Å². The van der Waals surface area contributed by atoms with Crippen LogP contribution in [0.15, 0.2) is 34.2 Å². The van der Waals surface area contributed by atoms with Gasteiger partial charge in [0.25, 0.3) is 0 Å². The van der Waals surface area contributed by atoms with Gasteiger partial charge in [0.05, 0.1) is 5.02 Å². The first-order valence-corrected chi connectivity index (χ1v) is 8.27. The molecule has 1 aromatic carbocycles. The summed E-state index contributed by atoms with van der Waals surface area (Å²) in [6, 6.07) is 7.83. The zero-order chi connectivity index (χ0) is 15.4. The topological polar surface area (TPSA) is 37.8 Å². The highest BCUT2D eigenvalue weighted by molar-refractivity contribution is 7.99. The summed E-state index contributed by atoms with van der Waals surface area (Å²) in [6.45, 7) is 9.15. The van der Waals surface area contributed by atoms with Crippen molar-refractivity contribution in [3.63, 3.8) is 0 Å². The molecule has 0 bridgehead atoms. The molecular weight excluding hydrogens is 302 g/mol. The van der Waals surface area contributed by atoms with E-state index in [0.717, 1.165) is 38.7 Å². The Kier molecular flexibility index (Phi) is 5.48. The molecule has 5 heteroatoms. The van der Waals surface area contributed by atoms with Crippen molar-refractivity contribution in [3.05, 3.63) is 40.7 Å². The standard InChI is InChI=1S/C16H20ClN3S/c1-5-18-15-11(4)16(20-14(19-15)10(2)3)21-13-9-7-6-8-12(13)17/h6-10H,5H2,1-4H3,(H,18,19,20). The van der Waals surface area contributed by atoms with Crippen LogP contribution in [0.1, 0.15) is 38.1 Å². The molecular formula is C16H20ClN3S. The third kappa shape index (κ3) is 3.89. The van der Waals surface area contributed by atoms with Crippen molar-refractivity contribution in [2.75, 3.05) is 11.9 Å². The minimum absolute atomic E-state index is 0.286. The molecule has 3 nitrogen and oxygen atoms in total. The molecule has 112 valence electrons. The first-order chi connectivity index (χ1) is 10.0. The highest BCUT2D eigenvalue weighted by atomic mass is 35.5. The maximum absolute atomic E-state index is 6.25. The Bertz CT molecular complexity index is 629. The molecule has 0 aliphatic heterocycles. The summed E-state index contributed by atoms with van der Waals surface area (Å²) < 4.78 is 0. The Balaban J connectivity index is 2.44. The van der Waals surface area contributed by atoms with Gasteiger partial charge in [-0.05, 0) is 26.0 Å². The van der Waals surface area contributed by atoms with E-state index in [0.29, 0.717) is 0 Å². The van der Waals surface area contributed by atoms with E-state index < -0.39 is 0 Å². The second kappa shape index (κ2) is 7.14. The van der Waals surface area contributed by atoms with Gasteiger partial charge in [0.2, 0.25) is 0 Å². The van der Waals surface area contributed by atoms with Crippen LogP contribution in [0.25, 0.3) is 0 Å². The number of benzene rings is 1. The fourth-order valence-electron chi connectivity index (χ4n) is 1.84. The van der Waals surface area contributed by atoms with Crippen LogP contribution in [0.5, 0.6) is 0 Å². The zero-order valence-corrected chi connectivity index (χ0v) is 14.3. The summed E-state index contributed by atoms with van der Waals surface area (Å²) in [5.74, 6) is 2.05. The van der Waals surface area contributed by atoms with Gasteiger partial charge in [-0.3, -0.25) is 0 Å². The Morgan fingerprint density at radius 3 is 2.57 bits per heavy atom. The van der Waals surface area contributed by atoms with Gasteiger partial charge in [-0.25, -0.2) is 9.97 Å². The van der Waals surface area contributed by atoms with Crippen LogP contribution in [-0.2, 0) is 0 Å². The Morgan fingerprint density at radius 1 is 1.24 bits per heavy atom. The fraction of sp³-hybridized carbons (Fsp3) is 0.375. The van der Waals surface area contributed by atoms with E-state index in [2.05, 4.69) is 31.1 Å². The Hall–Kier alpha value is -1.26. The highest BCUT2D eigenvalue weighted by Gasteiger charge is 2.14. The maximum atomic E-state index is 6.25. The lowest BCUT2D eigenvalue weighted by atomic mass is 10.2. The average Bonchev–Trinajstić information content (AvgIpc) is 2.45. The molecule has 0 amide bonds. The summed E-state index contributed by atoms with van der Waals surface area (Å²) in [7, 11) is 0. The van der Waals surface area contributed by atoms with Crippen molar-refractivity contribution in [2.45, 2.75) is 43.5 Å². The number of hydrogen-bond acceptors (Lipinski definition) is 4. The number of nitrogens with one attached hydrogen (secondary N) is 1. The monoisotopic (exact) mass is 321 g/mol. The van der Waals surface area contributed by atoms with Gasteiger partial charge in [0.15, 0.2) is 0 Å². The van der Waals surface area contributed by atoms with E-state index in [1.54, 1.807) is 11.8 Å². The predicted molar refractivity (Wildman–Crippen MR) is 90.6 cm³/mol. The molecule has 0 saturated heterocycles. The summed E-state index contributed by atoms with van der Waals surface area (Å²) in [5, 5.41) is 5.02. The van der Waals surface area contributed by atoms with Gasteiger partial charge in [0, 0.05) is 22.9 Å². The minimum atomic E-state index is 0.286. The molecule has 21 heavy (non-hydrogen) atoms. The number of halogens is 1. The zero-order valence-electron chi connectivity index (χ0n) is 12.8. The van der Waals surface area contributed by atoms with Gasteiger partial charge in [0.1, 0.15) is 16.7 Å². The maximum Gasteiger partial charge on any atom is 0.134 e. The summed E-state index contributed by atoms with van der Waals surface area (Å²) in [4.78, 5) is 10.3. The van der Waals surface area contributed by atoms with Gasteiger partial charge < -0.3 is 5.32 Å². The van der Waals surface area contributed by atoms with Gasteiger partial charge in [-0.2, -0.15) is 0 Å². The normalized spacial score (nSPS) is 11.0. The van der Waals surface area contributed by atoms with E-state index in [-0.39, 0.29) is 5.92 Å². The lowest BCUT2D eigenvalue weighted by Crippen LogP contribution is -2.08. The molecule has 1 heterocycles. The molecule has 0 aliphatic carbocycles. The lowest BCUT2D eigenvalue weighted by molar-refractivity contribution is 0.748. The van der Waals surface area contributed by atoms with Crippen molar-refractivity contribution >= 4 is 29.2 Å². The second-order valence-corrected chi connectivity index (χ2v) is 6.52. The molecule has 0 unspecified atom stereocenters. The third-order valence-electron chi connectivity index (χ3n) is 3.02. The average molecular weight is 322 g/mol. The molecule has 1 N–H and O–H groups in total. The molecule has 0 aliphatic rings. The van der Waals surface area contributed by atoms with Crippen LogP contribution >= 0.6 is 23.4 Å². The van der Waals surface area contributed by atoms with Crippen LogP contribution in [0.4, 0.5) is 5.82 Å². The quantitative estimate of drug-likeness (QED) is 0.773. The molecule has 0 saturated carbocycles. The lowest BCUT2D eigenvalue weighted by Gasteiger charge is -2.14. The van der Waals surface area contributed by atoms with Crippen molar-refractivity contribution in [1.29, 1.82) is 0 Å². The van der Waals surface area contributed by atoms with Crippen molar-refractivity contribution in [3.8, 4) is 0 Å². The van der Waals surface area contributed by atoms with Crippen LogP contribution < -0.4 is 5.32 Å². The van der Waals surface area contributed by atoms with Crippen LogP contribution in [0.2, 0.25) is 5.02 Å². The van der Waals surface area contributed by atoms with E-state index in [4.69, 9.17) is 16.6 Å². The van der Waals surface area contributed by atoms with E-state index in [1.165, 1.54) is 0 Å². The van der Waals surface area contributed by atoms with Crippen LogP contribution in [0.3, 0.4) is 0 Å². The summed E-state index contributed by atoms with van der Waals surface area (Å²) in [6.07, 6.45) is 0. The number of hydrogen-bond donors (Lipinski definition) is 1. The third-order valence-corrected chi connectivity index (χ3v) is 4.63. The molecule has 1 aromatic heterocycles. The molecule has 2 rings (SSSR count). The number of nitrogens with zero attached hydrogens (tertiary/aromatic N) is 2. The molecule has 0 atom stereocenters. The van der Waals surface area contributed by atoms with Crippen LogP contribution in [0, 0.1) is 6.92 Å². The first-order valence-electron chi connectivity index (χ1n) is 7.07. The highest BCUT2D eigenvalue weighted by Crippen LogP contribution is 2.35. The van der Waals surface area contributed by atoms with Gasteiger partial charge in [-0.15, -0.1) is 0 Å². The molecule has 0 radical (unpaired) electrons. The predicted octanol–water partition coefficient (Wildman–Crippen LogP) is 5.14. The second-order valence-electron chi connectivity index (χ2n) is 5.08. The Labute approximate surface area is 135 Å². The molecule has 2 aromatic rings. The molecule has 0 fully saturated rings. The van der Waals surface area contributed by atoms with Crippen molar-refractivity contribution in [2.24, 2.45) is 0 Å². The van der Waals surface area contributed by atoms with Crippen LogP contribution in [-0.4, -0.2) is 16.5 Å². The fourth-order valence-corrected chi connectivity index (χ4v) is 3.00. The first kappa shape index (κ1) is 16.1. The largest absolute Gasteiger partial charge is 0.370 e. The van der Waals surface area contributed by atoms with Gasteiger partial charge in [-0.1, -0.05) is 49.3 Å².